The van der Waals surface area contributed by atoms with Crippen molar-refractivity contribution in [3.63, 3.8) is 0 Å². The van der Waals surface area contributed by atoms with Gasteiger partial charge in [0.1, 0.15) is 5.75 Å². The summed E-state index contributed by atoms with van der Waals surface area (Å²) < 4.78 is 5.72. The van der Waals surface area contributed by atoms with E-state index in [-0.39, 0.29) is 5.78 Å². The summed E-state index contributed by atoms with van der Waals surface area (Å²) in [5.41, 5.74) is 1.04. The van der Waals surface area contributed by atoms with Crippen LogP contribution in [0.3, 0.4) is 0 Å². The number of rotatable bonds is 4. The van der Waals surface area contributed by atoms with Crippen LogP contribution in [-0.4, -0.2) is 10.8 Å². The smallest absolute Gasteiger partial charge is 0.219 e. The van der Waals surface area contributed by atoms with E-state index in [9.17, 15) is 4.79 Å². The number of pyridine rings is 1. The van der Waals surface area contributed by atoms with Crippen molar-refractivity contribution in [3.8, 4) is 11.6 Å². The maximum absolute atomic E-state index is 12.6. The average molecular weight is 310 g/mol. The lowest BCUT2D eigenvalue weighted by atomic mass is 10.0. The van der Waals surface area contributed by atoms with Gasteiger partial charge in [-0.2, -0.15) is 0 Å². The van der Waals surface area contributed by atoms with Crippen molar-refractivity contribution in [1.82, 2.24) is 4.98 Å². The Kier molecular flexibility index (Phi) is 4.17. The summed E-state index contributed by atoms with van der Waals surface area (Å²) in [5, 5.41) is 0.592. The lowest BCUT2D eigenvalue weighted by Gasteiger charge is -2.09. The van der Waals surface area contributed by atoms with Crippen molar-refractivity contribution >= 4 is 17.4 Å². The van der Waals surface area contributed by atoms with E-state index < -0.39 is 0 Å². The van der Waals surface area contributed by atoms with E-state index in [2.05, 4.69) is 4.98 Å². The Labute approximate surface area is 133 Å². The summed E-state index contributed by atoms with van der Waals surface area (Å²) in [6.07, 6.45) is 1.64. The van der Waals surface area contributed by atoms with Gasteiger partial charge in [0, 0.05) is 22.8 Å². The number of benzene rings is 2. The maximum Gasteiger partial charge on any atom is 0.219 e. The molecule has 0 unspecified atom stereocenters. The molecule has 0 N–H and O–H groups in total. The highest BCUT2D eigenvalue weighted by atomic mass is 35.5. The molecule has 0 radical (unpaired) electrons. The molecular formula is C18H12ClNO2. The number of aromatic nitrogens is 1. The number of ether oxygens (including phenoxy) is 1. The molecule has 0 saturated heterocycles. The SMILES string of the molecule is O=C(c1ccc(Cl)cc1)c1ccccc1Oc1ccccn1. The normalized spacial score (nSPS) is 10.2. The Balaban J connectivity index is 1.94. The van der Waals surface area contributed by atoms with E-state index in [0.717, 1.165) is 0 Å². The highest BCUT2D eigenvalue weighted by molar-refractivity contribution is 6.30. The molecule has 0 amide bonds. The van der Waals surface area contributed by atoms with E-state index in [1.807, 2.05) is 12.1 Å². The second kappa shape index (κ2) is 6.41. The first kappa shape index (κ1) is 14.3. The van der Waals surface area contributed by atoms with E-state index >= 15 is 0 Å². The third-order valence-electron chi connectivity index (χ3n) is 3.09. The predicted molar refractivity (Wildman–Crippen MR) is 85.6 cm³/mol. The van der Waals surface area contributed by atoms with Crippen molar-refractivity contribution in [2.24, 2.45) is 0 Å². The van der Waals surface area contributed by atoms with Gasteiger partial charge in [-0.05, 0) is 42.5 Å². The molecule has 3 aromatic rings. The number of para-hydroxylation sites is 1. The third kappa shape index (κ3) is 3.15. The minimum Gasteiger partial charge on any atom is -0.438 e. The van der Waals surface area contributed by atoms with E-state index in [4.69, 9.17) is 16.3 Å². The zero-order valence-electron chi connectivity index (χ0n) is 11.6. The molecule has 0 fully saturated rings. The Morgan fingerprint density at radius 1 is 0.909 bits per heavy atom. The second-order valence-corrected chi connectivity index (χ2v) is 5.04. The fourth-order valence-corrected chi connectivity index (χ4v) is 2.15. The zero-order valence-corrected chi connectivity index (χ0v) is 12.3. The molecule has 3 rings (SSSR count). The molecular weight excluding hydrogens is 298 g/mol. The lowest BCUT2D eigenvalue weighted by molar-refractivity contribution is 0.103. The molecule has 1 aromatic heterocycles. The molecule has 0 aliphatic carbocycles. The first-order valence-electron chi connectivity index (χ1n) is 6.72. The molecule has 0 bridgehead atoms. The van der Waals surface area contributed by atoms with Crippen LogP contribution in [0.4, 0.5) is 0 Å². The summed E-state index contributed by atoms with van der Waals surface area (Å²) in [6, 6.07) is 19.2. The number of halogens is 1. The zero-order chi connectivity index (χ0) is 15.4. The molecule has 1 heterocycles. The number of hydrogen-bond acceptors (Lipinski definition) is 3. The van der Waals surface area contributed by atoms with E-state index in [1.165, 1.54) is 0 Å². The molecule has 0 aliphatic heterocycles. The van der Waals surface area contributed by atoms with Gasteiger partial charge in [-0.1, -0.05) is 29.8 Å². The topological polar surface area (TPSA) is 39.2 Å². The number of hydrogen-bond donors (Lipinski definition) is 0. The van der Waals surface area contributed by atoms with Gasteiger partial charge in [-0.3, -0.25) is 4.79 Å². The molecule has 22 heavy (non-hydrogen) atoms. The Morgan fingerprint density at radius 2 is 1.64 bits per heavy atom. The molecule has 0 atom stereocenters. The fourth-order valence-electron chi connectivity index (χ4n) is 2.02. The Morgan fingerprint density at radius 3 is 2.36 bits per heavy atom. The largest absolute Gasteiger partial charge is 0.438 e. The van der Waals surface area contributed by atoms with Crippen LogP contribution in [0, 0.1) is 0 Å². The summed E-state index contributed by atoms with van der Waals surface area (Å²) >= 11 is 5.86. The summed E-state index contributed by atoms with van der Waals surface area (Å²) in [5.74, 6) is 0.795. The van der Waals surface area contributed by atoms with Gasteiger partial charge >= 0.3 is 0 Å². The fraction of sp³-hybridized carbons (Fsp3) is 0. The molecule has 3 nitrogen and oxygen atoms in total. The molecule has 2 aromatic carbocycles. The van der Waals surface area contributed by atoms with Gasteiger partial charge in [0.2, 0.25) is 5.88 Å². The van der Waals surface area contributed by atoms with Crippen molar-refractivity contribution < 1.29 is 9.53 Å². The predicted octanol–water partition coefficient (Wildman–Crippen LogP) is 4.76. The summed E-state index contributed by atoms with van der Waals surface area (Å²) in [7, 11) is 0. The molecule has 108 valence electrons. The van der Waals surface area contributed by atoms with Crippen LogP contribution in [0.1, 0.15) is 15.9 Å². The van der Waals surface area contributed by atoms with E-state index in [1.54, 1.807) is 60.8 Å². The third-order valence-corrected chi connectivity index (χ3v) is 3.34. The maximum atomic E-state index is 12.6. The van der Waals surface area contributed by atoms with Gasteiger partial charge in [0.15, 0.2) is 5.78 Å². The standard InChI is InChI=1S/C18H12ClNO2/c19-14-10-8-13(9-11-14)18(21)15-5-1-2-6-16(15)22-17-7-3-4-12-20-17/h1-12H. The summed E-state index contributed by atoms with van der Waals surface area (Å²) in [4.78, 5) is 16.7. The Bertz CT molecular complexity index is 786. The van der Waals surface area contributed by atoms with Crippen LogP contribution in [0.2, 0.25) is 5.02 Å². The van der Waals surface area contributed by atoms with Crippen LogP contribution in [-0.2, 0) is 0 Å². The van der Waals surface area contributed by atoms with Crippen LogP contribution < -0.4 is 4.74 Å². The van der Waals surface area contributed by atoms with Crippen molar-refractivity contribution in [3.05, 3.63) is 89.1 Å². The molecule has 0 aliphatic rings. The number of carbonyl (C=O) groups is 1. The van der Waals surface area contributed by atoms with Crippen LogP contribution in [0.5, 0.6) is 11.6 Å². The minimum atomic E-state index is -0.122. The Hall–Kier alpha value is -2.65. The lowest BCUT2D eigenvalue weighted by Crippen LogP contribution is -2.03. The summed E-state index contributed by atoms with van der Waals surface area (Å²) in [6.45, 7) is 0. The monoisotopic (exact) mass is 309 g/mol. The average Bonchev–Trinajstić information content (AvgIpc) is 2.56. The van der Waals surface area contributed by atoms with Gasteiger partial charge in [0.05, 0.1) is 5.56 Å². The second-order valence-electron chi connectivity index (χ2n) is 4.60. The highest BCUT2D eigenvalue weighted by Gasteiger charge is 2.15. The highest BCUT2D eigenvalue weighted by Crippen LogP contribution is 2.26. The van der Waals surface area contributed by atoms with Crippen molar-refractivity contribution in [2.75, 3.05) is 0 Å². The van der Waals surface area contributed by atoms with E-state index in [0.29, 0.717) is 27.8 Å². The van der Waals surface area contributed by atoms with Gasteiger partial charge in [-0.15, -0.1) is 0 Å². The first-order valence-corrected chi connectivity index (χ1v) is 7.10. The molecule has 0 spiro atoms. The van der Waals surface area contributed by atoms with Crippen LogP contribution >= 0.6 is 11.6 Å². The van der Waals surface area contributed by atoms with Crippen LogP contribution in [0.15, 0.2) is 72.9 Å². The van der Waals surface area contributed by atoms with Crippen LogP contribution in [0.25, 0.3) is 0 Å². The van der Waals surface area contributed by atoms with Gasteiger partial charge < -0.3 is 4.74 Å². The number of ketones is 1. The van der Waals surface area contributed by atoms with Crippen molar-refractivity contribution in [1.29, 1.82) is 0 Å². The molecule has 0 saturated carbocycles. The number of nitrogens with zero attached hydrogens (tertiary/aromatic N) is 1. The van der Waals surface area contributed by atoms with Gasteiger partial charge in [0.25, 0.3) is 0 Å². The number of carbonyl (C=O) groups excluding carboxylic acids is 1. The molecule has 4 heteroatoms. The first-order chi connectivity index (χ1) is 10.7. The minimum absolute atomic E-state index is 0.122. The quantitative estimate of drug-likeness (QED) is 0.652. The van der Waals surface area contributed by atoms with Gasteiger partial charge in [-0.25, -0.2) is 4.98 Å². The van der Waals surface area contributed by atoms with Crippen molar-refractivity contribution in [2.45, 2.75) is 0 Å².